The van der Waals surface area contributed by atoms with Crippen molar-refractivity contribution in [1.82, 2.24) is 0 Å². The molecule has 2 aromatic rings. The molecule has 1 unspecified atom stereocenters. The van der Waals surface area contributed by atoms with Crippen molar-refractivity contribution in [2.75, 3.05) is 5.32 Å². The average Bonchev–Trinajstić information content (AvgIpc) is 3.07. The standard InChI is InChI=1S/C13H10N2O4S/c16-12(10-6-9(13(17)18)15-19-10)14-8-1-2-11-7(5-8)3-4-20-11/h1-5,10H,6H2,(H,14,16)(H,17,18). The van der Waals surface area contributed by atoms with Gasteiger partial charge in [-0.1, -0.05) is 5.16 Å². The number of nitrogens with zero attached hydrogens (tertiary/aromatic N) is 1. The molecule has 0 saturated carbocycles. The van der Waals surface area contributed by atoms with E-state index in [4.69, 9.17) is 9.94 Å². The molecule has 20 heavy (non-hydrogen) atoms. The fourth-order valence-electron chi connectivity index (χ4n) is 1.91. The van der Waals surface area contributed by atoms with Crippen LogP contribution in [0.25, 0.3) is 10.1 Å². The molecule has 0 saturated heterocycles. The highest BCUT2D eigenvalue weighted by Crippen LogP contribution is 2.24. The van der Waals surface area contributed by atoms with Gasteiger partial charge in [0.2, 0.25) is 6.10 Å². The molecule has 1 atom stereocenters. The fraction of sp³-hybridized carbons (Fsp3) is 0.154. The summed E-state index contributed by atoms with van der Waals surface area (Å²) in [6, 6.07) is 7.54. The van der Waals surface area contributed by atoms with Gasteiger partial charge in [0.25, 0.3) is 5.91 Å². The van der Waals surface area contributed by atoms with Gasteiger partial charge in [-0.05, 0) is 35.0 Å². The van der Waals surface area contributed by atoms with Crippen LogP contribution in [0.1, 0.15) is 6.42 Å². The number of carboxylic acids is 1. The van der Waals surface area contributed by atoms with E-state index in [0.29, 0.717) is 5.69 Å². The van der Waals surface area contributed by atoms with E-state index in [2.05, 4.69) is 10.5 Å². The lowest BCUT2D eigenvalue weighted by Crippen LogP contribution is -2.28. The summed E-state index contributed by atoms with van der Waals surface area (Å²) >= 11 is 1.62. The van der Waals surface area contributed by atoms with Crippen LogP contribution in [0.5, 0.6) is 0 Å². The lowest BCUT2D eigenvalue weighted by atomic mass is 10.1. The molecule has 1 aromatic heterocycles. The molecule has 3 rings (SSSR count). The third kappa shape index (κ3) is 2.35. The van der Waals surface area contributed by atoms with Gasteiger partial charge in [-0.25, -0.2) is 4.79 Å². The molecule has 102 valence electrons. The van der Waals surface area contributed by atoms with Crippen molar-refractivity contribution in [3.8, 4) is 0 Å². The van der Waals surface area contributed by atoms with Gasteiger partial charge in [-0.2, -0.15) is 0 Å². The smallest absolute Gasteiger partial charge is 0.353 e. The molecular formula is C13H10N2O4S. The Bertz CT molecular complexity index is 722. The molecule has 1 aliphatic rings. The molecule has 6 nitrogen and oxygen atoms in total. The number of hydrogen-bond acceptors (Lipinski definition) is 5. The fourth-order valence-corrected chi connectivity index (χ4v) is 2.68. The number of carboxylic acid groups (broad SMARTS) is 1. The normalized spacial score (nSPS) is 17.6. The molecule has 1 aromatic carbocycles. The summed E-state index contributed by atoms with van der Waals surface area (Å²) in [5.74, 6) is -1.57. The number of carbonyl (C=O) groups excluding carboxylic acids is 1. The van der Waals surface area contributed by atoms with Crippen molar-refractivity contribution in [2.24, 2.45) is 5.16 Å². The van der Waals surface area contributed by atoms with Crippen molar-refractivity contribution in [3.63, 3.8) is 0 Å². The van der Waals surface area contributed by atoms with Crippen molar-refractivity contribution < 1.29 is 19.5 Å². The van der Waals surface area contributed by atoms with Crippen LogP contribution in [0, 0.1) is 0 Å². The second-order valence-electron chi connectivity index (χ2n) is 4.30. The largest absolute Gasteiger partial charge is 0.477 e. The van der Waals surface area contributed by atoms with Crippen molar-refractivity contribution in [1.29, 1.82) is 0 Å². The van der Waals surface area contributed by atoms with Crippen LogP contribution in [0.15, 0.2) is 34.8 Å². The second kappa shape index (κ2) is 4.93. The third-order valence-electron chi connectivity index (χ3n) is 2.93. The number of anilines is 1. The van der Waals surface area contributed by atoms with Gasteiger partial charge in [-0.3, -0.25) is 4.79 Å². The van der Waals surface area contributed by atoms with Crippen LogP contribution < -0.4 is 5.32 Å². The van der Waals surface area contributed by atoms with E-state index in [1.54, 1.807) is 17.4 Å². The molecule has 0 fully saturated rings. The maximum absolute atomic E-state index is 12.0. The highest BCUT2D eigenvalue weighted by molar-refractivity contribution is 7.17. The Labute approximate surface area is 117 Å². The van der Waals surface area contributed by atoms with Crippen molar-refractivity contribution in [3.05, 3.63) is 29.6 Å². The van der Waals surface area contributed by atoms with Crippen LogP contribution in [0.2, 0.25) is 0 Å². The number of amides is 1. The van der Waals surface area contributed by atoms with Crippen molar-refractivity contribution >= 4 is 44.7 Å². The third-order valence-corrected chi connectivity index (χ3v) is 3.83. The number of oxime groups is 1. The van der Waals surface area contributed by atoms with Gasteiger partial charge in [-0.15, -0.1) is 11.3 Å². The number of nitrogens with one attached hydrogen (secondary N) is 1. The summed E-state index contributed by atoms with van der Waals surface area (Å²) < 4.78 is 1.14. The first-order chi connectivity index (χ1) is 9.63. The Hall–Kier alpha value is -2.41. The number of rotatable bonds is 3. The number of aliphatic carboxylic acids is 1. The van der Waals surface area contributed by atoms with Crippen LogP contribution >= 0.6 is 11.3 Å². The molecule has 0 spiro atoms. The van der Waals surface area contributed by atoms with E-state index in [1.165, 1.54) is 0 Å². The van der Waals surface area contributed by atoms with E-state index in [1.807, 2.05) is 23.6 Å². The van der Waals surface area contributed by atoms with E-state index in [0.717, 1.165) is 10.1 Å². The van der Waals surface area contributed by atoms with Gasteiger partial charge < -0.3 is 15.3 Å². The summed E-state index contributed by atoms with van der Waals surface area (Å²) in [5.41, 5.74) is 0.506. The first kappa shape index (κ1) is 12.6. The van der Waals surface area contributed by atoms with Crippen LogP contribution in [0.4, 0.5) is 5.69 Å². The molecule has 1 amide bonds. The van der Waals surface area contributed by atoms with Gasteiger partial charge in [0.05, 0.1) is 0 Å². The van der Waals surface area contributed by atoms with Gasteiger partial charge >= 0.3 is 5.97 Å². The predicted octanol–water partition coefficient (Wildman–Crippen LogP) is 2.07. The Morgan fingerprint density at radius 3 is 3.00 bits per heavy atom. The number of hydrogen-bond donors (Lipinski definition) is 2. The lowest BCUT2D eigenvalue weighted by Gasteiger charge is -2.09. The molecule has 7 heteroatoms. The summed E-state index contributed by atoms with van der Waals surface area (Å²) in [5, 5.41) is 17.9. The van der Waals surface area contributed by atoms with Gasteiger partial charge in [0.1, 0.15) is 0 Å². The predicted molar refractivity (Wildman–Crippen MR) is 75.0 cm³/mol. The summed E-state index contributed by atoms with van der Waals surface area (Å²) in [6.45, 7) is 0. The summed E-state index contributed by atoms with van der Waals surface area (Å²) in [6.07, 6.45) is -0.915. The first-order valence-electron chi connectivity index (χ1n) is 5.87. The summed E-state index contributed by atoms with van der Waals surface area (Å²) in [7, 11) is 0. The number of carbonyl (C=O) groups is 2. The molecule has 0 radical (unpaired) electrons. The first-order valence-corrected chi connectivity index (χ1v) is 6.75. The lowest BCUT2D eigenvalue weighted by molar-refractivity contribution is -0.129. The Balaban J connectivity index is 1.69. The van der Waals surface area contributed by atoms with Gasteiger partial charge in [0, 0.05) is 16.8 Å². The Kier molecular flexibility index (Phi) is 3.11. The number of thiophene rings is 1. The Morgan fingerprint density at radius 2 is 2.25 bits per heavy atom. The minimum atomic E-state index is -1.17. The maximum Gasteiger partial charge on any atom is 0.353 e. The number of fused-ring (bicyclic) bond motifs is 1. The highest BCUT2D eigenvalue weighted by Gasteiger charge is 2.31. The monoisotopic (exact) mass is 290 g/mol. The zero-order valence-corrected chi connectivity index (χ0v) is 11.0. The van der Waals surface area contributed by atoms with Crippen molar-refractivity contribution in [2.45, 2.75) is 12.5 Å². The van der Waals surface area contributed by atoms with E-state index < -0.39 is 18.0 Å². The van der Waals surface area contributed by atoms with Crippen LogP contribution in [-0.4, -0.2) is 28.8 Å². The molecule has 2 N–H and O–H groups in total. The van der Waals surface area contributed by atoms with E-state index in [-0.39, 0.29) is 12.1 Å². The molecule has 2 heterocycles. The zero-order chi connectivity index (χ0) is 14.1. The zero-order valence-electron chi connectivity index (χ0n) is 10.2. The summed E-state index contributed by atoms with van der Waals surface area (Å²) in [4.78, 5) is 27.5. The Morgan fingerprint density at radius 1 is 1.40 bits per heavy atom. The second-order valence-corrected chi connectivity index (χ2v) is 5.25. The topological polar surface area (TPSA) is 88.0 Å². The highest BCUT2D eigenvalue weighted by atomic mass is 32.1. The SMILES string of the molecule is O=C(O)C1=NOC(C(=O)Nc2ccc3sccc3c2)C1. The van der Waals surface area contributed by atoms with E-state index in [9.17, 15) is 9.59 Å². The van der Waals surface area contributed by atoms with Gasteiger partial charge in [0.15, 0.2) is 5.71 Å². The average molecular weight is 290 g/mol. The maximum atomic E-state index is 12.0. The minimum absolute atomic E-state index is 0.0259. The van der Waals surface area contributed by atoms with Crippen LogP contribution in [0.3, 0.4) is 0 Å². The molecule has 0 aliphatic carbocycles. The van der Waals surface area contributed by atoms with Crippen LogP contribution in [-0.2, 0) is 14.4 Å². The quantitative estimate of drug-likeness (QED) is 0.905. The molecular weight excluding hydrogens is 280 g/mol. The van der Waals surface area contributed by atoms with E-state index >= 15 is 0 Å². The molecule has 0 bridgehead atoms. The minimum Gasteiger partial charge on any atom is -0.477 e. The number of benzene rings is 1. The molecule has 1 aliphatic heterocycles.